The Labute approximate surface area is 212 Å². The molecule has 5 nitrogen and oxygen atoms in total. The van der Waals surface area contributed by atoms with E-state index in [4.69, 9.17) is 4.98 Å². The number of anilines is 2. The molecule has 0 radical (unpaired) electrons. The summed E-state index contributed by atoms with van der Waals surface area (Å²) in [7, 11) is 0. The van der Waals surface area contributed by atoms with Gasteiger partial charge in [0.25, 0.3) is 0 Å². The second kappa shape index (κ2) is 9.81. The summed E-state index contributed by atoms with van der Waals surface area (Å²) in [4.78, 5) is 17.9. The van der Waals surface area contributed by atoms with Crippen LogP contribution in [0.3, 0.4) is 0 Å². The Morgan fingerprint density at radius 1 is 0.944 bits per heavy atom. The molecule has 0 atom stereocenters. The second-order valence-corrected chi connectivity index (χ2v) is 11.4. The van der Waals surface area contributed by atoms with Gasteiger partial charge in [0.05, 0.1) is 11.2 Å². The standard InChI is InChI=1S/C30H35FN4O/c31-24-4-1-3-20(14-24)19-32-9-10-33-28-8-7-25-26(34-28)5-2-6-27(25)35-29(36)18-30-15-21-11-22(16-30)13-23(12-21)17-30/h1-8,14,21-23,32H,9-13,15-19H2,(H,33,34)(H,35,36). The fourth-order valence-electron chi connectivity index (χ4n) is 7.56. The van der Waals surface area contributed by atoms with Crippen LogP contribution in [-0.2, 0) is 11.3 Å². The lowest BCUT2D eigenvalue weighted by Crippen LogP contribution is -2.47. The third-order valence-corrected chi connectivity index (χ3v) is 8.53. The van der Waals surface area contributed by atoms with E-state index in [1.165, 1.54) is 44.6 Å². The Balaban J connectivity index is 1.04. The Kier molecular flexibility index (Phi) is 6.38. The first-order valence-electron chi connectivity index (χ1n) is 13.4. The van der Waals surface area contributed by atoms with Crippen LogP contribution in [0.25, 0.3) is 10.9 Å². The van der Waals surface area contributed by atoms with Crippen molar-refractivity contribution >= 4 is 28.3 Å². The fourth-order valence-corrected chi connectivity index (χ4v) is 7.56. The highest BCUT2D eigenvalue weighted by Crippen LogP contribution is 2.61. The highest BCUT2D eigenvalue weighted by atomic mass is 19.1. The van der Waals surface area contributed by atoms with E-state index in [0.717, 1.165) is 52.3 Å². The van der Waals surface area contributed by atoms with E-state index in [1.807, 2.05) is 36.4 Å². The van der Waals surface area contributed by atoms with Crippen LogP contribution in [0, 0.1) is 29.0 Å². The van der Waals surface area contributed by atoms with Crippen LogP contribution in [0.5, 0.6) is 0 Å². The average Bonchev–Trinajstić information content (AvgIpc) is 2.83. The molecule has 4 saturated carbocycles. The van der Waals surface area contributed by atoms with Crippen molar-refractivity contribution in [3.05, 3.63) is 66.0 Å². The van der Waals surface area contributed by atoms with Gasteiger partial charge in [-0.05, 0) is 104 Å². The number of fused-ring (bicyclic) bond motifs is 1. The summed E-state index contributed by atoms with van der Waals surface area (Å²) < 4.78 is 13.3. The van der Waals surface area contributed by atoms with E-state index in [9.17, 15) is 9.18 Å². The van der Waals surface area contributed by atoms with Gasteiger partial charge in [-0.3, -0.25) is 4.79 Å². The number of hydrogen-bond donors (Lipinski definition) is 3. The summed E-state index contributed by atoms with van der Waals surface area (Å²) >= 11 is 0. The van der Waals surface area contributed by atoms with Crippen molar-refractivity contribution < 1.29 is 9.18 Å². The van der Waals surface area contributed by atoms with Crippen molar-refractivity contribution in [2.45, 2.75) is 51.5 Å². The number of nitrogens with one attached hydrogen (secondary N) is 3. The first kappa shape index (κ1) is 23.4. The molecule has 4 aliphatic carbocycles. The number of rotatable bonds is 9. The molecule has 4 bridgehead atoms. The molecule has 0 saturated heterocycles. The summed E-state index contributed by atoms with van der Waals surface area (Å²) in [5, 5.41) is 10.8. The van der Waals surface area contributed by atoms with Gasteiger partial charge >= 0.3 is 0 Å². The van der Waals surface area contributed by atoms with Gasteiger partial charge in [-0.25, -0.2) is 9.37 Å². The normalized spacial score (nSPS) is 26.3. The zero-order valence-corrected chi connectivity index (χ0v) is 20.7. The van der Waals surface area contributed by atoms with Gasteiger partial charge < -0.3 is 16.0 Å². The first-order chi connectivity index (χ1) is 17.5. The van der Waals surface area contributed by atoms with Gasteiger partial charge in [0, 0.05) is 31.4 Å². The van der Waals surface area contributed by atoms with Crippen LogP contribution in [0.15, 0.2) is 54.6 Å². The number of halogens is 1. The first-order valence-corrected chi connectivity index (χ1v) is 13.4. The van der Waals surface area contributed by atoms with Crippen molar-refractivity contribution in [3.63, 3.8) is 0 Å². The van der Waals surface area contributed by atoms with Crippen LogP contribution in [0.2, 0.25) is 0 Å². The maximum atomic E-state index is 13.3. The van der Waals surface area contributed by atoms with Gasteiger partial charge in [-0.1, -0.05) is 18.2 Å². The molecule has 0 unspecified atom stereocenters. The lowest BCUT2D eigenvalue weighted by molar-refractivity contribution is -0.124. The smallest absolute Gasteiger partial charge is 0.224 e. The minimum Gasteiger partial charge on any atom is -0.369 e. The van der Waals surface area contributed by atoms with Crippen molar-refractivity contribution in [1.82, 2.24) is 10.3 Å². The fraction of sp³-hybridized carbons (Fsp3) is 0.467. The second-order valence-electron chi connectivity index (χ2n) is 11.4. The zero-order chi connectivity index (χ0) is 24.5. The zero-order valence-electron chi connectivity index (χ0n) is 20.7. The van der Waals surface area contributed by atoms with Gasteiger partial charge in [0.1, 0.15) is 11.6 Å². The van der Waals surface area contributed by atoms with Gasteiger partial charge in [0.15, 0.2) is 0 Å². The molecule has 4 fully saturated rings. The van der Waals surface area contributed by atoms with Crippen molar-refractivity contribution in [2.24, 2.45) is 23.2 Å². The van der Waals surface area contributed by atoms with Crippen molar-refractivity contribution in [2.75, 3.05) is 23.7 Å². The molecule has 6 heteroatoms. The van der Waals surface area contributed by atoms with Gasteiger partial charge in [0.2, 0.25) is 5.91 Å². The average molecular weight is 487 g/mol. The van der Waals surface area contributed by atoms with Crippen LogP contribution in [0.1, 0.15) is 50.5 Å². The predicted molar refractivity (Wildman–Crippen MR) is 142 cm³/mol. The summed E-state index contributed by atoms with van der Waals surface area (Å²) in [6, 6.07) is 16.6. The molecule has 0 aliphatic heterocycles. The van der Waals surface area contributed by atoms with E-state index in [1.54, 1.807) is 12.1 Å². The van der Waals surface area contributed by atoms with Crippen LogP contribution < -0.4 is 16.0 Å². The maximum absolute atomic E-state index is 13.3. The molecule has 36 heavy (non-hydrogen) atoms. The van der Waals surface area contributed by atoms with Crippen molar-refractivity contribution in [1.29, 1.82) is 0 Å². The van der Waals surface area contributed by atoms with E-state index in [0.29, 0.717) is 19.5 Å². The minimum absolute atomic E-state index is 0.149. The number of carbonyl (C=O) groups excluding carboxylic acids is 1. The highest BCUT2D eigenvalue weighted by Gasteiger charge is 2.51. The molecule has 7 rings (SSSR count). The molecule has 0 spiro atoms. The van der Waals surface area contributed by atoms with E-state index < -0.39 is 0 Å². The molecule has 1 amide bonds. The Morgan fingerprint density at radius 2 is 1.69 bits per heavy atom. The summed E-state index contributed by atoms with van der Waals surface area (Å²) in [5.41, 5.74) is 2.87. The van der Waals surface area contributed by atoms with E-state index in [2.05, 4.69) is 16.0 Å². The largest absolute Gasteiger partial charge is 0.369 e. The lowest BCUT2D eigenvalue weighted by atomic mass is 9.49. The molecular formula is C30H35FN4O. The molecule has 1 heterocycles. The predicted octanol–water partition coefficient (Wildman–Crippen LogP) is 6.12. The van der Waals surface area contributed by atoms with E-state index in [-0.39, 0.29) is 17.1 Å². The molecule has 1 aromatic heterocycles. The minimum atomic E-state index is -0.212. The number of aromatic nitrogens is 1. The van der Waals surface area contributed by atoms with Crippen LogP contribution in [-0.4, -0.2) is 24.0 Å². The summed E-state index contributed by atoms with van der Waals surface area (Å²) in [6.45, 7) is 2.06. The SMILES string of the molecule is O=C(CC12CC3CC(CC(C3)C1)C2)Nc1cccc2nc(NCCNCc3cccc(F)c3)ccc12. The lowest BCUT2D eigenvalue weighted by Gasteiger charge is -2.56. The highest BCUT2D eigenvalue weighted by molar-refractivity contribution is 6.01. The summed E-state index contributed by atoms with van der Waals surface area (Å²) in [6.07, 6.45) is 8.59. The van der Waals surface area contributed by atoms with Crippen LogP contribution >= 0.6 is 0 Å². The molecule has 2 aromatic carbocycles. The van der Waals surface area contributed by atoms with Crippen molar-refractivity contribution in [3.8, 4) is 0 Å². The third kappa shape index (κ3) is 5.10. The quantitative estimate of drug-likeness (QED) is 0.319. The number of benzene rings is 2. The Morgan fingerprint density at radius 3 is 2.44 bits per heavy atom. The number of hydrogen-bond acceptors (Lipinski definition) is 4. The monoisotopic (exact) mass is 486 g/mol. The number of amides is 1. The molecule has 3 aromatic rings. The van der Waals surface area contributed by atoms with E-state index >= 15 is 0 Å². The van der Waals surface area contributed by atoms with Gasteiger partial charge in [-0.2, -0.15) is 0 Å². The number of carbonyl (C=O) groups is 1. The number of nitrogens with zero attached hydrogens (tertiary/aromatic N) is 1. The number of pyridine rings is 1. The summed E-state index contributed by atoms with van der Waals surface area (Å²) in [5.74, 6) is 3.30. The van der Waals surface area contributed by atoms with Crippen LogP contribution in [0.4, 0.5) is 15.9 Å². The molecule has 188 valence electrons. The molecule has 3 N–H and O–H groups in total. The van der Waals surface area contributed by atoms with Gasteiger partial charge in [-0.15, -0.1) is 0 Å². The Hall–Kier alpha value is -2.99. The molecular weight excluding hydrogens is 451 g/mol. The topological polar surface area (TPSA) is 66.0 Å². The Bertz CT molecular complexity index is 1220. The molecule has 4 aliphatic rings. The third-order valence-electron chi connectivity index (χ3n) is 8.53. The maximum Gasteiger partial charge on any atom is 0.224 e.